The first-order chi connectivity index (χ1) is 7.04. The van der Waals surface area contributed by atoms with Gasteiger partial charge < -0.3 is 5.11 Å². The molecule has 1 fully saturated rings. The molecule has 0 amide bonds. The van der Waals surface area contributed by atoms with Gasteiger partial charge in [0.15, 0.2) is 0 Å². The van der Waals surface area contributed by atoms with Crippen molar-refractivity contribution in [1.29, 1.82) is 0 Å². The molecule has 0 bridgehead atoms. The number of thioether (sulfide) groups is 1. The lowest BCUT2D eigenvalue weighted by molar-refractivity contribution is 0.125. The van der Waals surface area contributed by atoms with E-state index in [1.54, 1.807) is 10.9 Å². The van der Waals surface area contributed by atoms with Crippen molar-refractivity contribution in [3.63, 3.8) is 0 Å². The third kappa shape index (κ3) is 1.97. The first-order valence-corrected chi connectivity index (χ1v) is 6.82. The minimum Gasteiger partial charge on any atom is -0.385 e. The molecule has 3 nitrogen and oxygen atoms in total. The number of aromatic nitrogens is 2. The van der Waals surface area contributed by atoms with Gasteiger partial charge in [-0.2, -0.15) is 16.9 Å². The lowest BCUT2D eigenvalue weighted by Crippen LogP contribution is -2.28. The Morgan fingerprint density at radius 1 is 1.73 bits per heavy atom. The van der Waals surface area contributed by atoms with Gasteiger partial charge in [-0.15, -0.1) is 0 Å². The number of halogens is 1. The first-order valence-electron chi connectivity index (χ1n) is 5.04. The molecular formula is C10H15BrN2OS. The van der Waals surface area contributed by atoms with Gasteiger partial charge in [0.1, 0.15) is 6.10 Å². The van der Waals surface area contributed by atoms with Crippen LogP contribution in [0, 0.1) is 0 Å². The fraction of sp³-hybridized carbons (Fsp3) is 0.700. The fourth-order valence-electron chi connectivity index (χ4n) is 2.03. The summed E-state index contributed by atoms with van der Waals surface area (Å²) in [5, 5.41) is 14.6. The van der Waals surface area contributed by atoms with Gasteiger partial charge in [0, 0.05) is 11.8 Å². The Bertz CT molecular complexity index is 341. The van der Waals surface area contributed by atoms with Gasteiger partial charge in [0.05, 0.1) is 16.4 Å². The van der Waals surface area contributed by atoms with E-state index in [-0.39, 0.29) is 4.75 Å². The van der Waals surface area contributed by atoms with Crippen molar-refractivity contribution in [2.45, 2.75) is 30.6 Å². The van der Waals surface area contributed by atoms with Gasteiger partial charge in [-0.25, -0.2) is 0 Å². The van der Waals surface area contributed by atoms with Crippen molar-refractivity contribution in [2.24, 2.45) is 7.05 Å². The Balaban J connectivity index is 2.31. The van der Waals surface area contributed by atoms with Crippen LogP contribution in [0.4, 0.5) is 0 Å². The minimum atomic E-state index is -0.452. The van der Waals surface area contributed by atoms with Gasteiger partial charge in [0.25, 0.3) is 0 Å². The van der Waals surface area contributed by atoms with E-state index in [1.165, 1.54) is 6.42 Å². The van der Waals surface area contributed by atoms with Crippen LogP contribution >= 0.6 is 27.7 Å². The second-order valence-electron chi connectivity index (χ2n) is 4.17. The van der Waals surface area contributed by atoms with Crippen molar-refractivity contribution in [2.75, 3.05) is 5.75 Å². The number of nitrogens with zero attached hydrogens (tertiary/aromatic N) is 2. The molecule has 0 radical (unpaired) electrons. The third-order valence-corrected chi connectivity index (χ3v) is 5.21. The minimum absolute atomic E-state index is 0.0592. The van der Waals surface area contributed by atoms with Crippen molar-refractivity contribution in [3.8, 4) is 0 Å². The van der Waals surface area contributed by atoms with Crippen LogP contribution in [0.15, 0.2) is 10.7 Å². The van der Waals surface area contributed by atoms with Gasteiger partial charge in [-0.05, 0) is 41.4 Å². The summed E-state index contributed by atoms with van der Waals surface area (Å²) in [5.41, 5.74) is 0.881. The largest absolute Gasteiger partial charge is 0.385 e. The summed E-state index contributed by atoms with van der Waals surface area (Å²) in [6.07, 6.45) is 3.54. The van der Waals surface area contributed by atoms with Crippen LogP contribution in [-0.2, 0) is 7.05 Å². The second-order valence-corrected chi connectivity index (χ2v) is 6.65. The molecule has 0 saturated carbocycles. The number of hydrogen-bond donors (Lipinski definition) is 1. The molecule has 1 aromatic rings. The Hall–Kier alpha value is -0.0000000000000000555. The van der Waals surface area contributed by atoms with Crippen LogP contribution in [0.2, 0.25) is 0 Å². The lowest BCUT2D eigenvalue weighted by Gasteiger charge is -2.29. The smallest absolute Gasteiger partial charge is 0.111 e. The van der Waals surface area contributed by atoms with E-state index in [1.807, 2.05) is 18.8 Å². The van der Waals surface area contributed by atoms with E-state index in [4.69, 9.17) is 0 Å². The predicted molar refractivity (Wildman–Crippen MR) is 66.0 cm³/mol. The topological polar surface area (TPSA) is 38.0 Å². The zero-order valence-electron chi connectivity index (χ0n) is 8.90. The zero-order chi connectivity index (χ0) is 11.1. The van der Waals surface area contributed by atoms with Crippen molar-refractivity contribution >= 4 is 27.7 Å². The maximum atomic E-state index is 10.4. The maximum Gasteiger partial charge on any atom is 0.111 e. The van der Waals surface area contributed by atoms with Gasteiger partial charge >= 0.3 is 0 Å². The summed E-state index contributed by atoms with van der Waals surface area (Å²) in [6.45, 7) is 2.13. The van der Waals surface area contributed by atoms with E-state index >= 15 is 0 Å². The molecule has 1 aliphatic heterocycles. The van der Waals surface area contributed by atoms with Gasteiger partial charge in [-0.1, -0.05) is 0 Å². The Morgan fingerprint density at radius 2 is 2.47 bits per heavy atom. The molecule has 0 aliphatic carbocycles. The highest BCUT2D eigenvalue weighted by Gasteiger charge is 2.39. The van der Waals surface area contributed by atoms with Crippen molar-refractivity contribution < 1.29 is 5.11 Å². The zero-order valence-corrected chi connectivity index (χ0v) is 11.3. The molecular weight excluding hydrogens is 276 g/mol. The average molecular weight is 291 g/mol. The van der Waals surface area contributed by atoms with Crippen molar-refractivity contribution in [3.05, 3.63) is 16.4 Å². The van der Waals surface area contributed by atoms with E-state index in [2.05, 4.69) is 28.0 Å². The molecule has 5 heteroatoms. The quantitative estimate of drug-likeness (QED) is 0.910. The van der Waals surface area contributed by atoms with Crippen molar-refractivity contribution in [1.82, 2.24) is 9.78 Å². The number of hydrogen-bond acceptors (Lipinski definition) is 3. The Kier molecular flexibility index (Phi) is 3.14. The number of rotatable bonds is 2. The van der Waals surface area contributed by atoms with Gasteiger partial charge in [0.2, 0.25) is 0 Å². The van der Waals surface area contributed by atoms with Crippen LogP contribution < -0.4 is 0 Å². The number of aryl methyl sites for hydroxylation is 1. The molecule has 84 valence electrons. The van der Waals surface area contributed by atoms with E-state index in [0.29, 0.717) is 0 Å². The normalized spacial score (nSPS) is 28.3. The summed E-state index contributed by atoms with van der Waals surface area (Å²) in [4.78, 5) is 0. The molecule has 2 rings (SSSR count). The Morgan fingerprint density at radius 3 is 2.93 bits per heavy atom. The number of aliphatic hydroxyl groups is 1. The maximum absolute atomic E-state index is 10.4. The molecule has 15 heavy (non-hydrogen) atoms. The second kappa shape index (κ2) is 4.11. The van der Waals surface area contributed by atoms with E-state index in [9.17, 15) is 5.11 Å². The lowest BCUT2D eigenvalue weighted by atomic mass is 9.96. The molecule has 1 N–H and O–H groups in total. The summed E-state index contributed by atoms with van der Waals surface area (Å²) >= 11 is 5.29. The van der Waals surface area contributed by atoms with Crippen LogP contribution in [0.3, 0.4) is 0 Å². The SMILES string of the molecule is Cn1ncc(Br)c1C(O)C1(C)CCCS1. The summed E-state index contributed by atoms with van der Waals surface area (Å²) in [5.74, 6) is 1.14. The molecule has 1 aliphatic rings. The van der Waals surface area contributed by atoms with Crippen LogP contribution in [0.25, 0.3) is 0 Å². The summed E-state index contributed by atoms with van der Waals surface area (Å²) in [6, 6.07) is 0. The molecule has 2 unspecified atom stereocenters. The Labute approximate surface area is 102 Å². The third-order valence-electron chi connectivity index (χ3n) is 3.02. The first kappa shape index (κ1) is 11.5. The van der Waals surface area contributed by atoms with Crippen LogP contribution in [-0.4, -0.2) is 25.4 Å². The highest BCUT2D eigenvalue weighted by Crippen LogP contribution is 2.47. The van der Waals surface area contributed by atoms with Gasteiger partial charge in [-0.3, -0.25) is 4.68 Å². The summed E-state index contributed by atoms with van der Waals surface area (Å²) < 4.78 is 2.58. The molecule has 2 heterocycles. The monoisotopic (exact) mass is 290 g/mol. The summed E-state index contributed by atoms with van der Waals surface area (Å²) in [7, 11) is 1.87. The molecule has 1 saturated heterocycles. The molecule has 1 aromatic heterocycles. The molecule has 2 atom stereocenters. The average Bonchev–Trinajstić information content (AvgIpc) is 2.75. The number of aliphatic hydroxyl groups excluding tert-OH is 1. The van der Waals surface area contributed by atoms with E-state index < -0.39 is 6.10 Å². The highest BCUT2D eigenvalue weighted by atomic mass is 79.9. The highest BCUT2D eigenvalue weighted by molar-refractivity contribution is 9.10. The fourth-order valence-corrected chi connectivity index (χ4v) is 3.91. The molecule has 0 spiro atoms. The predicted octanol–water partition coefficient (Wildman–Crippen LogP) is 2.50. The van der Waals surface area contributed by atoms with Crippen LogP contribution in [0.5, 0.6) is 0 Å². The molecule has 0 aromatic carbocycles. The standard InChI is InChI=1S/C10H15BrN2OS/c1-10(4-3-5-15-10)9(14)8-7(11)6-12-13(8)2/h6,9,14H,3-5H2,1-2H3. The van der Waals surface area contributed by atoms with E-state index in [0.717, 1.165) is 22.3 Å². The van der Waals surface area contributed by atoms with Crippen LogP contribution in [0.1, 0.15) is 31.6 Å².